The number of carbonyl (C=O) groups is 2. The third kappa shape index (κ3) is 5.41. The van der Waals surface area contributed by atoms with Crippen LogP contribution in [0.25, 0.3) is 0 Å². The van der Waals surface area contributed by atoms with Gasteiger partial charge in [-0.15, -0.1) is 24.5 Å². The van der Waals surface area contributed by atoms with Gasteiger partial charge in [0, 0.05) is 28.0 Å². The fourth-order valence-corrected chi connectivity index (χ4v) is 5.70. The second kappa shape index (κ2) is 10.2. The van der Waals surface area contributed by atoms with E-state index in [-0.39, 0.29) is 17.2 Å². The number of fused-ring (bicyclic) bond motifs is 1. The first-order valence-corrected chi connectivity index (χ1v) is 12.5. The van der Waals surface area contributed by atoms with Gasteiger partial charge in [0.2, 0.25) is 0 Å². The van der Waals surface area contributed by atoms with Crippen molar-refractivity contribution in [1.82, 2.24) is 4.90 Å². The molecule has 2 aromatic rings. The van der Waals surface area contributed by atoms with Crippen LogP contribution in [0.15, 0.2) is 54.0 Å². The Labute approximate surface area is 203 Å². The molecule has 0 fully saturated rings. The molecule has 0 radical (unpaired) electrons. The van der Waals surface area contributed by atoms with Crippen LogP contribution in [0.1, 0.15) is 58.3 Å². The molecule has 1 N–H and O–H groups in total. The molecule has 6 heteroatoms. The maximum Gasteiger partial charge on any atom is 0.257 e. The minimum Gasteiger partial charge on any atom is -0.331 e. The van der Waals surface area contributed by atoms with Gasteiger partial charge in [0.15, 0.2) is 0 Å². The highest BCUT2D eigenvalue weighted by Gasteiger charge is 2.35. The Hall–Kier alpha value is -2.18. The molecule has 1 atom stereocenters. The van der Waals surface area contributed by atoms with Crippen LogP contribution in [0.4, 0.5) is 5.00 Å². The fraction of sp³-hybridized carbons (Fsp3) is 0.385. The van der Waals surface area contributed by atoms with Gasteiger partial charge in [0.05, 0.1) is 5.56 Å². The van der Waals surface area contributed by atoms with E-state index in [4.69, 9.17) is 0 Å². The number of amides is 2. The fourth-order valence-electron chi connectivity index (χ4n) is 4.13. The zero-order chi connectivity index (χ0) is 23.5. The van der Waals surface area contributed by atoms with E-state index < -0.39 is 0 Å². The smallest absolute Gasteiger partial charge is 0.257 e. The third-order valence-corrected chi connectivity index (χ3v) is 7.72. The van der Waals surface area contributed by atoms with Gasteiger partial charge in [-0.3, -0.25) is 9.59 Å². The van der Waals surface area contributed by atoms with E-state index >= 15 is 0 Å². The van der Waals surface area contributed by atoms with Crippen LogP contribution in [0.3, 0.4) is 0 Å². The summed E-state index contributed by atoms with van der Waals surface area (Å²) in [6.07, 6.45) is 6.25. The Kier molecular flexibility index (Phi) is 7.78. The summed E-state index contributed by atoms with van der Waals surface area (Å²) in [6, 6.07) is 7.21. The van der Waals surface area contributed by atoms with Gasteiger partial charge in [-0.05, 0) is 60.4 Å². The average Bonchev–Trinajstić information content (AvgIpc) is 3.09. The molecule has 170 valence electrons. The molecule has 2 amide bonds. The summed E-state index contributed by atoms with van der Waals surface area (Å²) >= 11 is 4.95. The van der Waals surface area contributed by atoms with Crippen LogP contribution in [0.2, 0.25) is 0 Å². The summed E-state index contributed by atoms with van der Waals surface area (Å²) in [5.41, 5.74) is 2.47. The molecule has 0 bridgehead atoms. The maximum absolute atomic E-state index is 13.6. The Morgan fingerprint density at radius 1 is 1.19 bits per heavy atom. The predicted octanol–water partition coefficient (Wildman–Crippen LogP) is 6.73. The molecule has 0 saturated heterocycles. The molecular weight excluding hydrogens is 484 g/mol. The highest BCUT2D eigenvalue weighted by atomic mass is 79.9. The van der Waals surface area contributed by atoms with Gasteiger partial charge < -0.3 is 10.2 Å². The van der Waals surface area contributed by atoms with E-state index in [1.165, 1.54) is 4.88 Å². The van der Waals surface area contributed by atoms with E-state index in [0.717, 1.165) is 29.3 Å². The summed E-state index contributed by atoms with van der Waals surface area (Å²) in [6.45, 7) is 15.3. The number of benzene rings is 1. The van der Waals surface area contributed by atoms with Crippen molar-refractivity contribution >= 4 is 44.1 Å². The van der Waals surface area contributed by atoms with Gasteiger partial charge in [-0.1, -0.05) is 48.9 Å². The van der Waals surface area contributed by atoms with Gasteiger partial charge in [-0.25, -0.2) is 0 Å². The molecule has 0 aliphatic heterocycles. The molecule has 3 rings (SSSR count). The molecule has 1 aromatic carbocycles. The van der Waals surface area contributed by atoms with E-state index in [1.807, 2.05) is 12.1 Å². The lowest BCUT2D eigenvalue weighted by molar-refractivity contribution is 0.0790. The summed E-state index contributed by atoms with van der Waals surface area (Å²) in [4.78, 5) is 29.5. The lowest BCUT2D eigenvalue weighted by atomic mass is 9.72. The van der Waals surface area contributed by atoms with Crippen LogP contribution in [0.5, 0.6) is 0 Å². The molecule has 1 aromatic heterocycles. The van der Waals surface area contributed by atoms with Crippen LogP contribution >= 0.6 is 27.3 Å². The molecule has 1 aliphatic rings. The Morgan fingerprint density at radius 3 is 2.38 bits per heavy atom. The highest BCUT2D eigenvalue weighted by Crippen LogP contribution is 2.44. The lowest BCUT2D eigenvalue weighted by Crippen LogP contribution is -2.33. The summed E-state index contributed by atoms with van der Waals surface area (Å²) < 4.78 is 0.911. The van der Waals surface area contributed by atoms with E-state index in [1.54, 1.807) is 40.5 Å². The molecule has 1 heterocycles. The van der Waals surface area contributed by atoms with Crippen LogP contribution < -0.4 is 5.32 Å². The number of hydrogen-bond donors (Lipinski definition) is 1. The lowest BCUT2D eigenvalue weighted by Gasteiger charge is -2.34. The molecule has 1 unspecified atom stereocenters. The minimum atomic E-state index is -0.212. The Balaban J connectivity index is 2.01. The number of hydrogen-bond acceptors (Lipinski definition) is 3. The summed E-state index contributed by atoms with van der Waals surface area (Å²) in [5.74, 6) is 0.253. The quantitative estimate of drug-likeness (QED) is 0.416. The van der Waals surface area contributed by atoms with Crippen molar-refractivity contribution in [3.63, 3.8) is 0 Å². The largest absolute Gasteiger partial charge is 0.331 e. The second-order valence-corrected chi connectivity index (χ2v) is 11.3. The SMILES string of the molecule is C=CCN(CC=C)C(=O)c1c(NC(=O)c2ccc(Br)cc2)sc2c1CCC(C(C)(C)C)C2. The van der Waals surface area contributed by atoms with E-state index in [9.17, 15) is 9.59 Å². The number of nitrogens with one attached hydrogen (secondary N) is 1. The monoisotopic (exact) mass is 514 g/mol. The molecule has 0 spiro atoms. The van der Waals surface area contributed by atoms with Crippen molar-refractivity contribution in [2.45, 2.75) is 40.0 Å². The first-order chi connectivity index (χ1) is 15.2. The number of anilines is 1. The van der Waals surface area contributed by atoms with Crippen molar-refractivity contribution in [2.75, 3.05) is 18.4 Å². The van der Waals surface area contributed by atoms with Crippen molar-refractivity contribution in [3.05, 3.63) is 75.6 Å². The minimum absolute atomic E-state index is 0.0809. The number of nitrogens with zero attached hydrogens (tertiary/aromatic N) is 1. The number of carbonyl (C=O) groups excluding carboxylic acids is 2. The van der Waals surface area contributed by atoms with Gasteiger partial charge in [0.25, 0.3) is 11.8 Å². The third-order valence-electron chi connectivity index (χ3n) is 6.02. The number of halogens is 1. The number of thiophene rings is 1. The van der Waals surface area contributed by atoms with Crippen LogP contribution in [-0.2, 0) is 12.8 Å². The summed E-state index contributed by atoms with van der Waals surface area (Å²) in [5, 5.41) is 3.68. The zero-order valence-electron chi connectivity index (χ0n) is 19.0. The summed E-state index contributed by atoms with van der Waals surface area (Å²) in [7, 11) is 0. The first kappa shape index (κ1) is 24.5. The van der Waals surface area contributed by atoms with E-state index in [2.05, 4.69) is 55.2 Å². The molecule has 4 nitrogen and oxygen atoms in total. The van der Waals surface area contributed by atoms with Crippen LogP contribution in [-0.4, -0.2) is 29.8 Å². The zero-order valence-corrected chi connectivity index (χ0v) is 21.4. The van der Waals surface area contributed by atoms with Gasteiger partial charge in [-0.2, -0.15) is 0 Å². The standard InChI is InChI=1S/C26H31BrN2O2S/c1-6-14-29(15-7-2)25(31)22-20-13-10-18(26(3,4)5)16-21(20)32-24(22)28-23(30)17-8-11-19(27)12-9-17/h6-9,11-12,18H,1-2,10,13-16H2,3-5H3,(H,28,30). The van der Waals surface area contributed by atoms with Crippen molar-refractivity contribution in [3.8, 4) is 0 Å². The second-order valence-electron chi connectivity index (χ2n) is 9.26. The molecule has 32 heavy (non-hydrogen) atoms. The Morgan fingerprint density at radius 2 is 1.81 bits per heavy atom. The van der Waals surface area contributed by atoms with Gasteiger partial charge >= 0.3 is 0 Å². The van der Waals surface area contributed by atoms with Gasteiger partial charge in [0.1, 0.15) is 5.00 Å². The molecule has 0 saturated carbocycles. The first-order valence-electron chi connectivity index (χ1n) is 10.9. The normalized spacial score (nSPS) is 15.6. The predicted molar refractivity (Wildman–Crippen MR) is 138 cm³/mol. The molecular formula is C26H31BrN2O2S. The number of rotatable bonds is 7. The van der Waals surface area contributed by atoms with Crippen molar-refractivity contribution in [2.24, 2.45) is 11.3 Å². The average molecular weight is 516 g/mol. The van der Waals surface area contributed by atoms with Crippen LogP contribution in [0, 0.1) is 11.3 Å². The molecule has 1 aliphatic carbocycles. The Bertz CT molecular complexity index is 1010. The maximum atomic E-state index is 13.6. The van der Waals surface area contributed by atoms with E-state index in [0.29, 0.717) is 35.1 Å². The highest BCUT2D eigenvalue weighted by molar-refractivity contribution is 9.10. The topological polar surface area (TPSA) is 49.4 Å². The van der Waals surface area contributed by atoms with Crippen molar-refractivity contribution in [1.29, 1.82) is 0 Å². The van der Waals surface area contributed by atoms with Crippen molar-refractivity contribution < 1.29 is 9.59 Å².